The van der Waals surface area contributed by atoms with E-state index < -0.39 is 10.0 Å². The van der Waals surface area contributed by atoms with Gasteiger partial charge in [-0.05, 0) is 24.3 Å². The molecule has 3 heterocycles. The first-order valence-electron chi connectivity index (χ1n) is 5.84. The summed E-state index contributed by atoms with van der Waals surface area (Å²) in [6, 6.07) is 4.45. The number of anilines is 1. The molecule has 102 valence electrons. The first kappa shape index (κ1) is 13.0. The molecule has 0 spiro atoms. The van der Waals surface area contributed by atoms with E-state index in [4.69, 9.17) is 5.14 Å². The van der Waals surface area contributed by atoms with Crippen molar-refractivity contribution in [3.63, 3.8) is 0 Å². The Morgan fingerprint density at radius 3 is 2.95 bits per heavy atom. The van der Waals surface area contributed by atoms with Gasteiger partial charge in [-0.2, -0.15) is 0 Å². The topological polar surface area (TPSA) is 76.3 Å². The Balaban J connectivity index is 1.91. The minimum absolute atomic E-state index is 0.124. The van der Waals surface area contributed by atoms with E-state index in [1.807, 2.05) is 6.07 Å². The van der Waals surface area contributed by atoms with Gasteiger partial charge >= 0.3 is 0 Å². The highest BCUT2D eigenvalue weighted by molar-refractivity contribution is 7.91. The summed E-state index contributed by atoms with van der Waals surface area (Å²) in [7, 11) is -3.65. The lowest BCUT2D eigenvalue weighted by molar-refractivity contribution is 0.599. The number of sulfonamides is 1. The lowest BCUT2D eigenvalue weighted by Crippen LogP contribution is -2.21. The molecule has 0 saturated carbocycles. The lowest BCUT2D eigenvalue weighted by atomic mass is 10.2. The van der Waals surface area contributed by atoms with Crippen LogP contribution in [-0.2, 0) is 10.0 Å². The van der Waals surface area contributed by atoms with Crippen LogP contribution in [0.15, 0.2) is 27.9 Å². The predicted octanol–water partition coefficient (Wildman–Crippen LogP) is 2.19. The van der Waals surface area contributed by atoms with Gasteiger partial charge in [0, 0.05) is 11.4 Å². The number of primary sulfonamides is 1. The van der Waals surface area contributed by atoms with Crippen LogP contribution in [0.3, 0.4) is 0 Å². The van der Waals surface area contributed by atoms with Crippen LogP contribution in [0.5, 0.6) is 0 Å². The van der Waals surface area contributed by atoms with Gasteiger partial charge in [-0.25, -0.2) is 18.5 Å². The molecule has 1 aliphatic rings. The summed E-state index contributed by atoms with van der Waals surface area (Å²) in [5.41, 5.74) is 0. The molecule has 2 aromatic heterocycles. The number of aromatic nitrogens is 1. The predicted molar refractivity (Wildman–Crippen MR) is 77.1 cm³/mol. The van der Waals surface area contributed by atoms with Gasteiger partial charge in [-0.1, -0.05) is 17.4 Å². The maximum atomic E-state index is 11.3. The Bertz CT molecular complexity index is 663. The Morgan fingerprint density at radius 2 is 2.32 bits per heavy atom. The summed E-state index contributed by atoms with van der Waals surface area (Å²) in [5, 5.41) is 7.92. The summed E-state index contributed by atoms with van der Waals surface area (Å²) in [5.74, 6) is 0. The van der Waals surface area contributed by atoms with Crippen LogP contribution in [0.1, 0.15) is 23.8 Å². The fraction of sp³-hybridized carbons (Fsp3) is 0.364. The van der Waals surface area contributed by atoms with E-state index in [0.717, 1.165) is 35.9 Å². The van der Waals surface area contributed by atoms with E-state index in [0.29, 0.717) is 6.04 Å². The third kappa shape index (κ3) is 2.53. The van der Waals surface area contributed by atoms with Gasteiger partial charge < -0.3 is 4.90 Å². The molecule has 19 heavy (non-hydrogen) atoms. The highest BCUT2D eigenvalue weighted by atomic mass is 32.2. The zero-order chi connectivity index (χ0) is 13.5. The maximum absolute atomic E-state index is 11.3. The third-order valence-corrected chi connectivity index (χ3v) is 6.54. The van der Waals surface area contributed by atoms with Crippen LogP contribution in [0.4, 0.5) is 5.13 Å². The zero-order valence-corrected chi connectivity index (χ0v) is 12.5. The fourth-order valence-corrected chi connectivity index (χ4v) is 4.78. The van der Waals surface area contributed by atoms with Gasteiger partial charge in [0.15, 0.2) is 9.34 Å². The molecule has 0 aromatic carbocycles. The van der Waals surface area contributed by atoms with Gasteiger partial charge in [0.25, 0.3) is 0 Å². The second-order valence-corrected chi connectivity index (χ2v) is 8.15. The van der Waals surface area contributed by atoms with E-state index >= 15 is 0 Å². The van der Waals surface area contributed by atoms with Crippen molar-refractivity contribution in [1.82, 2.24) is 4.98 Å². The summed E-state index contributed by atoms with van der Waals surface area (Å²) < 4.78 is 22.7. The highest BCUT2D eigenvalue weighted by Crippen LogP contribution is 2.39. The molecule has 5 nitrogen and oxygen atoms in total. The number of nitrogens with two attached hydrogens (primary N) is 1. The summed E-state index contributed by atoms with van der Waals surface area (Å²) in [4.78, 5) is 7.68. The van der Waals surface area contributed by atoms with Gasteiger partial charge in [-0.3, -0.25) is 0 Å². The van der Waals surface area contributed by atoms with Crippen LogP contribution in [-0.4, -0.2) is 19.9 Å². The summed E-state index contributed by atoms with van der Waals surface area (Å²) >= 11 is 2.87. The SMILES string of the molecule is NS(=O)(=O)c1cnc(N2CCC[C@H]2c2cccs2)s1. The molecule has 1 atom stereocenters. The number of thiophene rings is 1. The number of thiazole rings is 1. The largest absolute Gasteiger partial charge is 0.340 e. The molecule has 1 saturated heterocycles. The zero-order valence-electron chi connectivity index (χ0n) is 10.0. The van der Waals surface area contributed by atoms with Crippen LogP contribution >= 0.6 is 22.7 Å². The molecular weight excluding hydrogens is 302 g/mol. The normalized spacial score (nSPS) is 20.1. The van der Waals surface area contributed by atoms with Crippen molar-refractivity contribution in [2.24, 2.45) is 5.14 Å². The van der Waals surface area contributed by atoms with Crippen molar-refractivity contribution < 1.29 is 8.42 Å². The van der Waals surface area contributed by atoms with E-state index in [-0.39, 0.29) is 4.21 Å². The molecule has 0 amide bonds. The number of nitrogens with zero attached hydrogens (tertiary/aromatic N) is 2. The van der Waals surface area contributed by atoms with E-state index in [2.05, 4.69) is 21.3 Å². The summed E-state index contributed by atoms with van der Waals surface area (Å²) in [6.45, 7) is 0.903. The standard InChI is InChI=1S/C11H13N3O2S3/c12-19(15,16)10-7-13-11(18-10)14-5-1-3-8(14)9-4-2-6-17-9/h2,4,6-8H,1,3,5H2,(H2,12,15,16)/t8-/m0/s1. The fourth-order valence-electron chi connectivity index (χ4n) is 2.29. The second-order valence-electron chi connectivity index (χ2n) is 4.37. The first-order valence-corrected chi connectivity index (χ1v) is 9.08. The van der Waals surface area contributed by atoms with Crippen molar-refractivity contribution in [3.05, 3.63) is 28.6 Å². The molecule has 2 aromatic rings. The molecule has 3 rings (SSSR count). The van der Waals surface area contributed by atoms with Crippen molar-refractivity contribution in [2.45, 2.75) is 23.1 Å². The molecule has 0 aliphatic carbocycles. The molecule has 0 unspecified atom stereocenters. The van der Waals surface area contributed by atoms with Crippen molar-refractivity contribution in [1.29, 1.82) is 0 Å². The second kappa shape index (κ2) is 4.86. The minimum Gasteiger partial charge on any atom is -0.340 e. The van der Waals surface area contributed by atoms with E-state index in [9.17, 15) is 8.42 Å². The molecule has 8 heteroatoms. The summed E-state index contributed by atoms with van der Waals surface area (Å²) in [6.07, 6.45) is 3.51. The quantitative estimate of drug-likeness (QED) is 0.942. The maximum Gasteiger partial charge on any atom is 0.249 e. The first-order chi connectivity index (χ1) is 9.05. The van der Waals surface area contributed by atoms with Crippen LogP contribution < -0.4 is 10.0 Å². The number of hydrogen-bond donors (Lipinski definition) is 1. The average Bonchev–Trinajstić information content (AvgIpc) is 3.09. The smallest absolute Gasteiger partial charge is 0.249 e. The van der Waals surface area contributed by atoms with Crippen LogP contribution in [0.25, 0.3) is 0 Å². The number of hydrogen-bond acceptors (Lipinski definition) is 6. The van der Waals surface area contributed by atoms with Crippen molar-refractivity contribution >= 4 is 37.8 Å². The molecule has 0 bridgehead atoms. The minimum atomic E-state index is -3.65. The Kier molecular flexibility index (Phi) is 3.34. The third-order valence-electron chi connectivity index (χ3n) is 3.12. The molecular formula is C11H13N3O2S3. The van der Waals surface area contributed by atoms with Crippen LogP contribution in [0.2, 0.25) is 0 Å². The van der Waals surface area contributed by atoms with E-state index in [1.165, 1.54) is 11.1 Å². The van der Waals surface area contributed by atoms with Gasteiger partial charge in [0.1, 0.15) is 0 Å². The molecule has 1 fully saturated rings. The lowest BCUT2D eigenvalue weighted by Gasteiger charge is -2.22. The molecule has 0 radical (unpaired) electrons. The van der Waals surface area contributed by atoms with Crippen molar-refractivity contribution in [3.8, 4) is 0 Å². The monoisotopic (exact) mass is 315 g/mol. The van der Waals surface area contributed by atoms with Crippen molar-refractivity contribution in [2.75, 3.05) is 11.4 Å². The Morgan fingerprint density at radius 1 is 1.47 bits per heavy atom. The average molecular weight is 315 g/mol. The molecule has 2 N–H and O–H groups in total. The van der Waals surface area contributed by atoms with Crippen LogP contribution in [0, 0.1) is 0 Å². The van der Waals surface area contributed by atoms with Gasteiger partial charge in [-0.15, -0.1) is 11.3 Å². The Labute approximate surface area is 119 Å². The Hall–Kier alpha value is -0.960. The number of rotatable bonds is 3. The van der Waals surface area contributed by atoms with Gasteiger partial charge in [0.2, 0.25) is 10.0 Å². The van der Waals surface area contributed by atoms with Gasteiger partial charge in [0.05, 0.1) is 12.2 Å². The molecule has 1 aliphatic heterocycles. The highest BCUT2D eigenvalue weighted by Gasteiger charge is 2.29. The van der Waals surface area contributed by atoms with E-state index in [1.54, 1.807) is 11.3 Å².